The Bertz CT molecular complexity index is 383. The maximum atomic E-state index is 11.2. The molecule has 2 rings (SSSR count). The molecule has 1 amide bonds. The lowest BCUT2D eigenvalue weighted by molar-refractivity contribution is -0.130. The van der Waals surface area contributed by atoms with Crippen molar-refractivity contribution < 1.29 is 9.53 Å². The van der Waals surface area contributed by atoms with E-state index < -0.39 is 0 Å². The van der Waals surface area contributed by atoms with Gasteiger partial charge in [0, 0.05) is 36.4 Å². The van der Waals surface area contributed by atoms with Crippen LogP contribution >= 0.6 is 22.6 Å². The van der Waals surface area contributed by atoms with E-state index in [1.165, 1.54) is 3.57 Å². The van der Waals surface area contributed by atoms with Crippen LogP contribution in [0, 0.1) is 3.57 Å². The lowest BCUT2D eigenvalue weighted by atomic mass is 10.1. The van der Waals surface area contributed by atoms with Crippen molar-refractivity contribution in [2.24, 2.45) is 0 Å². The van der Waals surface area contributed by atoms with E-state index in [0.29, 0.717) is 0 Å². The van der Waals surface area contributed by atoms with Crippen LogP contribution in [0.1, 0.15) is 19.8 Å². The van der Waals surface area contributed by atoms with Gasteiger partial charge in [-0.1, -0.05) is 0 Å². The monoisotopic (exact) mass is 345 g/mol. The first-order chi connectivity index (χ1) is 8.15. The first-order valence-electron chi connectivity index (χ1n) is 5.83. The predicted molar refractivity (Wildman–Crippen MR) is 75.1 cm³/mol. The molecule has 1 saturated heterocycles. The summed E-state index contributed by atoms with van der Waals surface area (Å²) in [5, 5.41) is 0. The molecule has 1 aliphatic heterocycles. The van der Waals surface area contributed by atoms with Crippen molar-refractivity contribution in [1.82, 2.24) is 4.90 Å². The minimum absolute atomic E-state index is 0.165. The number of carbonyl (C=O) groups is 1. The minimum Gasteiger partial charge on any atom is -0.490 e. The van der Waals surface area contributed by atoms with Crippen molar-refractivity contribution in [3.05, 3.63) is 27.8 Å². The average molecular weight is 345 g/mol. The molecule has 0 aliphatic carbocycles. The molecule has 0 radical (unpaired) electrons. The fourth-order valence-corrected chi connectivity index (χ4v) is 2.35. The summed E-state index contributed by atoms with van der Waals surface area (Å²) in [7, 11) is 0. The van der Waals surface area contributed by atoms with Crippen LogP contribution in [0.4, 0.5) is 0 Å². The molecule has 0 aromatic heterocycles. The van der Waals surface area contributed by atoms with E-state index in [1.54, 1.807) is 6.92 Å². The van der Waals surface area contributed by atoms with Crippen LogP contribution in [-0.2, 0) is 4.79 Å². The van der Waals surface area contributed by atoms with Crippen LogP contribution < -0.4 is 4.74 Å². The zero-order valence-corrected chi connectivity index (χ0v) is 12.0. The van der Waals surface area contributed by atoms with Crippen molar-refractivity contribution in [3.63, 3.8) is 0 Å². The Balaban J connectivity index is 1.85. The fourth-order valence-electron chi connectivity index (χ4n) is 1.99. The molecular weight excluding hydrogens is 329 g/mol. The Morgan fingerprint density at radius 2 is 1.88 bits per heavy atom. The number of hydrogen-bond acceptors (Lipinski definition) is 2. The van der Waals surface area contributed by atoms with Crippen molar-refractivity contribution >= 4 is 28.5 Å². The Hall–Kier alpha value is -0.780. The molecule has 1 fully saturated rings. The van der Waals surface area contributed by atoms with Crippen LogP contribution in [0.2, 0.25) is 0 Å². The Kier molecular flexibility index (Phi) is 4.25. The molecule has 1 heterocycles. The maximum Gasteiger partial charge on any atom is 0.219 e. The number of benzene rings is 1. The summed E-state index contributed by atoms with van der Waals surface area (Å²) in [4.78, 5) is 13.1. The Morgan fingerprint density at radius 1 is 1.29 bits per heavy atom. The number of amides is 1. The summed E-state index contributed by atoms with van der Waals surface area (Å²) in [5.74, 6) is 1.09. The van der Waals surface area contributed by atoms with Crippen LogP contribution in [0.5, 0.6) is 5.75 Å². The topological polar surface area (TPSA) is 29.5 Å². The van der Waals surface area contributed by atoms with Crippen molar-refractivity contribution in [1.29, 1.82) is 0 Å². The van der Waals surface area contributed by atoms with Gasteiger partial charge in [-0.15, -0.1) is 0 Å². The lowest BCUT2D eigenvalue weighted by Crippen LogP contribution is -2.40. The van der Waals surface area contributed by atoms with E-state index in [9.17, 15) is 4.79 Å². The van der Waals surface area contributed by atoms with Gasteiger partial charge in [0.05, 0.1) is 0 Å². The summed E-state index contributed by atoms with van der Waals surface area (Å²) in [6.07, 6.45) is 2.09. The number of rotatable bonds is 2. The molecule has 0 N–H and O–H groups in total. The number of halogens is 1. The molecule has 92 valence electrons. The zero-order chi connectivity index (χ0) is 12.3. The molecule has 1 aliphatic rings. The third-order valence-corrected chi connectivity index (χ3v) is 3.72. The van der Waals surface area contributed by atoms with Gasteiger partial charge in [-0.3, -0.25) is 4.79 Å². The third-order valence-electron chi connectivity index (χ3n) is 3.00. The zero-order valence-electron chi connectivity index (χ0n) is 9.86. The maximum absolute atomic E-state index is 11.2. The van der Waals surface area contributed by atoms with E-state index in [1.807, 2.05) is 29.2 Å². The Morgan fingerprint density at radius 3 is 2.41 bits per heavy atom. The second kappa shape index (κ2) is 5.71. The van der Waals surface area contributed by atoms with Gasteiger partial charge < -0.3 is 9.64 Å². The quantitative estimate of drug-likeness (QED) is 0.772. The summed E-state index contributed by atoms with van der Waals surface area (Å²) < 4.78 is 7.11. The van der Waals surface area contributed by atoms with Crippen LogP contribution in [0.25, 0.3) is 0 Å². The molecule has 17 heavy (non-hydrogen) atoms. The number of likely N-dealkylation sites (tertiary alicyclic amines) is 1. The molecule has 0 bridgehead atoms. The van der Waals surface area contributed by atoms with Gasteiger partial charge >= 0.3 is 0 Å². The van der Waals surface area contributed by atoms with Crippen LogP contribution in [0.3, 0.4) is 0 Å². The average Bonchev–Trinajstić information content (AvgIpc) is 2.33. The lowest BCUT2D eigenvalue weighted by Gasteiger charge is -2.31. The number of ether oxygens (including phenoxy) is 1. The molecule has 0 saturated carbocycles. The highest BCUT2D eigenvalue weighted by Crippen LogP contribution is 2.20. The molecule has 0 unspecified atom stereocenters. The van der Waals surface area contributed by atoms with E-state index >= 15 is 0 Å². The van der Waals surface area contributed by atoms with Gasteiger partial charge in [0.2, 0.25) is 5.91 Å². The number of carbonyl (C=O) groups excluding carboxylic acids is 1. The minimum atomic E-state index is 0.165. The van der Waals surface area contributed by atoms with Gasteiger partial charge in [0.15, 0.2) is 0 Å². The van der Waals surface area contributed by atoms with E-state index in [2.05, 4.69) is 22.6 Å². The van der Waals surface area contributed by atoms with Crippen LogP contribution in [0.15, 0.2) is 24.3 Å². The summed E-state index contributed by atoms with van der Waals surface area (Å²) in [6, 6.07) is 8.08. The second-order valence-electron chi connectivity index (χ2n) is 4.28. The molecule has 3 nitrogen and oxygen atoms in total. The van der Waals surface area contributed by atoms with Gasteiger partial charge in [-0.05, 0) is 46.9 Å². The molecule has 0 spiro atoms. The van der Waals surface area contributed by atoms with Gasteiger partial charge in [0.25, 0.3) is 0 Å². The van der Waals surface area contributed by atoms with Gasteiger partial charge in [0.1, 0.15) is 11.9 Å². The SMILES string of the molecule is CC(=O)N1CCC(Oc2ccc(I)cc2)CC1. The number of hydrogen-bond donors (Lipinski definition) is 0. The highest BCUT2D eigenvalue weighted by Gasteiger charge is 2.21. The molecule has 0 atom stereocenters. The number of piperidine rings is 1. The molecule has 1 aromatic carbocycles. The largest absolute Gasteiger partial charge is 0.490 e. The third kappa shape index (κ3) is 3.59. The van der Waals surface area contributed by atoms with Crippen molar-refractivity contribution in [2.45, 2.75) is 25.9 Å². The predicted octanol–water partition coefficient (Wildman–Crippen LogP) is 2.68. The first-order valence-corrected chi connectivity index (χ1v) is 6.91. The summed E-state index contributed by atoms with van der Waals surface area (Å²) >= 11 is 2.28. The van der Waals surface area contributed by atoms with Crippen molar-refractivity contribution in [2.75, 3.05) is 13.1 Å². The summed E-state index contributed by atoms with van der Waals surface area (Å²) in [6.45, 7) is 3.25. The summed E-state index contributed by atoms with van der Waals surface area (Å²) in [5.41, 5.74) is 0. The normalized spacial score (nSPS) is 16.9. The Labute approximate surface area is 115 Å². The standard InChI is InChI=1S/C13H16INO2/c1-10(16)15-8-6-13(7-9-15)17-12-4-2-11(14)3-5-12/h2-5,13H,6-9H2,1H3. The second-order valence-corrected chi connectivity index (χ2v) is 5.52. The highest BCUT2D eigenvalue weighted by atomic mass is 127. The first kappa shape index (κ1) is 12.7. The fraction of sp³-hybridized carbons (Fsp3) is 0.462. The molecule has 4 heteroatoms. The van der Waals surface area contributed by atoms with Crippen LogP contribution in [-0.4, -0.2) is 30.0 Å². The van der Waals surface area contributed by atoms with E-state index in [0.717, 1.165) is 31.7 Å². The van der Waals surface area contributed by atoms with Gasteiger partial charge in [-0.2, -0.15) is 0 Å². The van der Waals surface area contributed by atoms with Crippen molar-refractivity contribution in [3.8, 4) is 5.75 Å². The van der Waals surface area contributed by atoms with Gasteiger partial charge in [-0.25, -0.2) is 0 Å². The highest BCUT2D eigenvalue weighted by molar-refractivity contribution is 14.1. The van der Waals surface area contributed by atoms with E-state index in [4.69, 9.17) is 4.74 Å². The molecule has 1 aromatic rings. The molecular formula is C13H16INO2. The number of nitrogens with zero attached hydrogens (tertiary/aromatic N) is 1. The smallest absolute Gasteiger partial charge is 0.219 e. The van der Waals surface area contributed by atoms with E-state index in [-0.39, 0.29) is 12.0 Å².